The zero-order valence-corrected chi connectivity index (χ0v) is 26.2. The molecule has 43 heavy (non-hydrogen) atoms. The van der Waals surface area contributed by atoms with Crippen molar-refractivity contribution in [2.24, 2.45) is 5.41 Å². The van der Waals surface area contributed by atoms with Gasteiger partial charge in [0.2, 0.25) is 5.91 Å². The molecule has 0 bridgehead atoms. The van der Waals surface area contributed by atoms with Crippen LogP contribution in [0.5, 0.6) is 0 Å². The molecule has 1 aromatic carbocycles. The Morgan fingerprint density at radius 1 is 1.05 bits per heavy atom. The lowest BCUT2D eigenvalue weighted by atomic mass is 9.92. The highest BCUT2D eigenvalue weighted by atomic mass is 16.3. The van der Waals surface area contributed by atoms with Gasteiger partial charge in [-0.1, -0.05) is 38.8 Å². The molecule has 0 aliphatic carbocycles. The van der Waals surface area contributed by atoms with Gasteiger partial charge in [0.25, 0.3) is 0 Å². The Morgan fingerprint density at radius 2 is 1.81 bits per heavy atom. The summed E-state index contributed by atoms with van der Waals surface area (Å²) < 4.78 is 2.14. The molecule has 3 heterocycles. The van der Waals surface area contributed by atoms with Crippen molar-refractivity contribution in [1.82, 2.24) is 24.3 Å². The highest BCUT2D eigenvalue weighted by Crippen LogP contribution is 2.32. The Kier molecular flexibility index (Phi) is 11.8. The quantitative estimate of drug-likeness (QED) is 0.169. The second-order valence-electron chi connectivity index (χ2n) is 12.5. The maximum atomic E-state index is 12.5. The van der Waals surface area contributed by atoms with Crippen molar-refractivity contribution in [1.29, 1.82) is 0 Å². The van der Waals surface area contributed by atoms with E-state index >= 15 is 0 Å². The number of nitrogen functional groups attached to an aromatic ring is 1. The van der Waals surface area contributed by atoms with E-state index in [1.165, 1.54) is 5.56 Å². The number of piperazine rings is 1. The third kappa shape index (κ3) is 8.26. The first-order chi connectivity index (χ1) is 20.8. The van der Waals surface area contributed by atoms with Gasteiger partial charge in [0.15, 0.2) is 5.82 Å². The van der Waals surface area contributed by atoms with Crippen molar-refractivity contribution in [3.63, 3.8) is 0 Å². The largest absolute Gasteiger partial charge is 0.396 e. The molecule has 1 saturated heterocycles. The first kappa shape index (κ1) is 32.7. The van der Waals surface area contributed by atoms with Crippen LogP contribution in [0.3, 0.4) is 0 Å². The Hall–Kier alpha value is -3.19. The number of rotatable bonds is 16. The number of hydrogen-bond donors (Lipinski definition) is 3. The van der Waals surface area contributed by atoms with Crippen LogP contribution in [0.25, 0.3) is 21.9 Å². The molecule has 0 atom stereocenters. The number of unbranched alkanes of at least 4 members (excludes halogenated alkanes) is 4. The van der Waals surface area contributed by atoms with E-state index in [0.717, 1.165) is 113 Å². The third-order valence-electron chi connectivity index (χ3n) is 8.78. The first-order valence-corrected chi connectivity index (χ1v) is 16.0. The number of hydrogen-bond acceptors (Lipinski definition) is 7. The van der Waals surface area contributed by atoms with Crippen LogP contribution in [0.2, 0.25) is 0 Å². The van der Waals surface area contributed by atoms with E-state index in [0.29, 0.717) is 24.3 Å². The molecule has 1 aliphatic rings. The zero-order chi connectivity index (χ0) is 30.8. The predicted molar refractivity (Wildman–Crippen MR) is 174 cm³/mol. The number of carbonyl (C=O) groups excluding carboxylic acids is 1. The molecule has 234 valence electrons. The highest BCUT2D eigenvalue weighted by molar-refractivity contribution is 6.06. The first-order valence-electron chi connectivity index (χ1n) is 16.0. The lowest BCUT2D eigenvalue weighted by Crippen LogP contribution is -2.48. The van der Waals surface area contributed by atoms with Crippen molar-refractivity contribution < 1.29 is 15.0 Å². The molecule has 3 aromatic rings. The van der Waals surface area contributed by atoms with Crippen molar-refractivity contribution in [2.75, 3.05) is 51.7 Å². The van der Waals surface area contributed by atoms with Crippen LogP contribution < -0.4 is 5.73 Å². The number of carbonyl (C=O) groups is 1. The van der Waals surface area contributed by atoms with Gasteiger partial charge in [-0.2, -0.15) is 0 Å². The number of nitrogens with zero attached hydrogens (tertiary/aromatic N) is 5. The van der Waals surface area contributed by atoms with Crippen molar-refractivity contribution >= 4 is 33.7 Å². The molecule has 4 rings (SSSR count). The van der Waals surface area contributed by atoms with Gasteiger partial charge in [0.05, 0.1) is 24.2 Å². The maximum absolute atomic E-state index is 12.5. The molecule has 2 aromatic heterocycles. The van der Waals surface area contributed by atoms with Gasteiger partial charge < -0.3 is 25.4 Å². The van der Waals surface area contributed by atoms with E-state index in [1.807, 2.05) is 11.8 Å². The zero-order valence-electron chi connectivity index (χ0n) is 26.2. The van der Waals surface area contributed by atoms with Crippen LogP contribution in [0.15, 0.2) is 18.2 Å². The Bertz CT molecular complexity index is 1400. The number of imidazole rings is 1. The molecule has 0 spiro atoms. The Morgan fingerprint density at radius 3 is 2.51 bits per heavy atom. The van der Waals surface area contributed by atoms with Gasteiger partial charge in [-0.25, -0.2) is 9.97 Å². The number of nitrogens with two attached hydrogens (primary N) is 1. The van der Waals surface area contributed by atoms with Crippen LogP contribution in [-0.4, -0.2) is 86.4 Å². The summed E-state index contributed by atoms with van der Waals surface area (Å²) in [5.41, 5.74) is 9.44. The average Bonchev–Trinajstić information content (AvgIpc) is 3.38. The SMILES string of the molecule is C#CCCCCCC(=O)N1CCN(CCCc2ccc3c(c2)nc(N)c2nc(CCCC)n(CC(C)(CO)CO)c23)CC1. The lowest BCUT2D eigenvalue weighted by Gasteiger charge is -2.34. The molecule has 1 aliphatic heterocycles. The van der Waals surface area contributed by atoms with Gasteiger partial charge in [-0.05, 0) is 50.3 Å². The van der Waals surface area contributed by atoms with Gasteiger partial charge in [0.1, 0.15) is 11.3 Å². The molecule has 0 radical (unpaired) electrons. The number of anilines is 1. The monoisotopic (exact) mass is 590 g/mol. The minimum atomic E-state index is -0.681. The van der Waals surface area contributed by atoms with Gasteiger partial charge in [0, 0.05) is 62.8 Å². The molecular weight excluding hydrogens is 540 g/mol. The molecule has 1 amide bonds. The van der Waals surface area contributed by atoms with Crippen LogP contribution in [0, 0.1) is 17.8 Å². The molecular formula is C34H50N6O3. The number of pyridine rings is 1. The number of aromatic nitrogens is 3. The molecule has 1 fully saturated rings. The third-order valence-corrected chi connectivity index (χ3v) is 8.78. The fourth-order valence-electron chi connectivity index (χ4n) is 5.95. The molecule has 0 saturated carbocycles. The number of terminal acetylenes is 1. The van der Waals surface area contributed by atoms with Crippen LogP contribution >= 0.6 is 0 Å². The van der Waals surface area contributed by atoms with Gasteiger partial charge in [-0.15, -0.1) is 12.3 Å². The smallest absolute Gasteiger partial charge is 0.222 e. The number of aliphatic hydroxyl groups is 2. The van der Waals surface area contributed by atoms with E-state index in [9.17, 15) is 15.0 Å². The summed E-state index contributed by atoms with van der Waals surface area (Å²) in [6.07, 6.45) is 14.5. The molecule has 0 unspecified atom stereocenters. The Balaban J connectivity index is 1.40. The number of aryl methyl sites for hydroxylation is 2. The minimum absolute atomic E-state index is 0.127. The Labute approximate surface area is 256 Å². The van der Waals surface area contributed by atoms with Crippen LogP contribution in [-0.2, 0) is 24.2 Å². The van der Waals surface area contributed by atoms with E-state index in [-0.39, 0.29) is 19.1 Å². The summed E-state index contributed by atoms with van der Waals surface area (Å²) in [7, 11) is 0. The maximum Gasteiger partial charge on any atom is 0.222 e. The summed E-state index contributed by atoms with van der Waals surface area (Å²) in [5, 5.41) is 21.1. The average molecular weight is 591 g/mol. The van der Waals surface area contributed by atoms with Crippen LogP contribution in [0.4, 0.5) is 5.82 Å². The summed E-state index contributed by atoms with van der Waals surface area (Å²) in [5.74, 6) is 4.25. The summed E-state index contributed by atoms with van der Waals surface area (Å²) in [4.78, 5) is 26.6. The standard InChI is InChI=1S/C34H50N6O3/c1-4-6-8-9-10-14-30(43)39-20-18-38(19-21-39)17-11-12-26-15-16-27-28(22-26)36-33(35)31-32(27)40(23-34(3,24-41)25-42)29(37-31)13-7-5-2/h1,15-16,22,41-42H,5-14,17-21,23-25H2,2-3H3,(H2,35,36). The number of amides is 1. The summed E-state index contributed by atoms with van der Waals surface area (Å²) in [6, 6.07) is 6.42. The molecule has 4 N–H and O–H groups in total. The van der Waals surface area contributed by atoms with E-state index in [4.69, 9.17) is 22.1 Å². The van der Waals surface area contributed by atoms with Gasteiger partial charge >= 0.3 is 0 Å². The summed E-state index contributed by atoms with van der Waals surface area (Å²) >= 11 is 0. The lowest BCUT2D eigenvalue weighted by molar-refractivity contribution is -0.133. The van der Waals surface area contributed by atoms with Crippen LogP contribution in [0.1, 0.15) is 76.6 Å². The summed E-state index contributed by atoms with van der Waals surface area (Å²) in [6.45, 7) is 8.67. The highest BCUT2D eigenvalue weighted by Gasteiger charge is 2.27. The molecule has 9 nitrogen and oxygen atoms in total. The van der Waals surface area contributed by atoms with Gasteiger partial charge in [-0.3, -0.25) is 9.69 Å². The van der Waals surface area contributed by atoms with Crippen molar-refractivity contribution in [3.8, 4) is 12.3 Å². The second kappa shape index (κ2) is 15.5. The van der Waals surface area contributed by atoms with E-state index in [2.05, 4.69) is 40.5 Å². The van der Waals surface area contributed by atoms with Crippen molar-refractivity contribution in [3.05, 3.63) is 29.6 Å². The fourth-order valence-corrected chi connectivity index (χ4v) is 5.95. The predicted octanol–water partition coefficient (Wildman–Crippen LogP) is 4.16. The minimum Gasteiger partial charge on any atom is -0.396 e. The normalized spacial score (nSPS) is 14.5. The second-order valence-corrected chi connectivity index (χ2v) is 12.5. The number of fused-ring (bicyclic) bond motifs is 3. The number of benzene rings is 1. The van der Waals surface area contributed by atoms with Crippen molar-refractivity contribution in [2.45, 2.75) is 84.6 Å². The topological polar surface area (TPSA) is 121 Å². The molecule has 9 heteroatoms. The fraction of sp³-hybridized carbons (Fsp3) is 0.618. The number of aliphatic hydroxyl groups excluding tert-OH is 2. The van der Waals surface area contributed by atoms with E-state index in [1.54, 1.807) is 0 Å². The van der Waals surface area contributed by atoms with E-state index < -0.39 is 5.41 Å².